The van der Waals surface area contributed by atoms with Gasteiger partial charge in [-0.25, -0.2) is 4.79 Å². The summed E-state index contributed by atoms with van der Waals surface area (Å²) < 4.78 is 5.40. The number of ether oxygens (including phenoxy) is 1. The van der Waals surface area contributed by atoms with E-state index in [0.29, 0.717) is 17.3 Å². The van der Waals surface area contributed by atoms with E-state index in [1.807, 2.05) is 54.6 Å². The van der Waals surface area contributed by atoms with Crippen molar-refractivity contribution in [3.63, 3.8) is 0 Å². The van der Waals surface area contributed by atoms with Crippen LogP contribution in [0.5, 0.6) is 0 Å². The molecule has 0 bridgehead atoms. The lowest BCUT2D eigenvalue weighted by molar-refractivity contribution is -0.119. The highest BCUT2D eigenvalue weighted by Gasteiger charge is 2.17. The van der Waals surface area contributed by atoms with Crippen molar-refractivity contribution < 1.29 is 14.3 Å². The number of primary amides is 1. The van der Waals surface area contributed by atoms with Crippen molar-refractivity contribution in [2.45, 2.75) is 19.1 Å². The van der Waals surface area contributed by atoms with Crippen LogP contribution in [-0.2, 0) is 16.1 Å². The van der Waals surface area contributed by atoms with Gasteiger partial charge in [0.15, 0.2) is 0 Å². The molecule has 0 spiro atoms. The lowest BCUT2D eigenvalue weighted by Gasteiger charge is -2.18. The van der Waals surface area contributed by atoms with Crippen LogP contribution < -0.4 is 16.4 Å². The predicted molar refractivity (Wildman–Crippen MR) is 115 cm³/mol. The van der Waals surface area contributed by atoms with E-state index in [2.05, 4.69) is 10.6 Å². The van der Waals surface area contributed by atoms with Gasteiger partial charge in [-0.15, -0.1) is 0 Å². The summed E-state index contributed by atoms with van der Waals surface area (Å²) in [5.74, 6) is -0.548. The molecule has 29 heavy (non-hydrogen) atoms. The fourth-order valence-electron chi connectivity index (χ4n) is 2.96. The number of hydrogen-bond donors (Lipinski definition) is 3. The highest BCUT2D eigenvalue weighted by Crippen LogP contribution is 2.19. The van der Waals surface area contributed by atoms with Gasteiger partial charge < -0.3 is 15.8 Å². The molecular formula is C22H22ClN3O3. The molecule has 1 atom stereocenters. The number of carbonyl (C=O) groups excluding carboxylic acids is 2. The second-order valence-corrected chi connectivity index (χ2v) is 7.01. The largest absolute Gasteiger partial charge is 0.444 e. The number of rotatable bonds is 8. The monoisotopic (exact) mass is 411 g/mol. The van der Waals surface area contributed by atoms with E-state index < -0.39 is 18.1 Å². The van der Waals surface area contributed by atoms with E-state index in [1.165, 1.54) is 0 Å². The average molecular weight is 412 g/mol. The quantitative estimate of drug-likeness (QED) is 0.520. The topological polar surface area (TPSA) is 93.5 Å². The maximum atomic E-state index is 12.3. The summed E-state index contributed by atoms with van der Waals surface area (Å²) in [6.07, 6.45) is -1.43. The molecule has 0 heterocycles. The van der Waals surface area contributed by atoms with Gasteiger partial charge in [0.1, 0.15) is 6.10 Å². The van der Waals surface area contributed by atoms with Crippen LogP contribution in [0.2, 0.25) is 5.02 Å². The predicted octanol–water partition coefficient (Wildman–Crippen LogP) is 4.08. The van der Waals surface area contributed by atoms with Crippen LogP contribution in [0.3, 0.4) is 0 Å². The molecule has 0 radical (unpaired) electrons. The molecule has 6 nitrogen and oxygen atoms in total. The Bertz CT molecular complexity index is 1010. The number of hydrogen-bond acceptors (Lipinski definition) is 4. The van der Waals surface area contributed by atoms with Crippen molar-refractivity contribution in [3.8, 4) is 0 Å². The lowest BCUT2D eigenvalue weighted by Crippen LogP contribution is -2.35. The molecule has 1 unspecified atom stereocenters. The summed E-state index contributed by atoms with van der Waals surface area (Å²) >= 11 is 6.13. The second kappa shape index (κ2) is 9.91. The van der Waals surface area contributed by atoms with Crippen LogP contribution in [0.15, 0.2) is 66.7 Å². The first kappa shape index (κ1) is 20.6. The van der Waals surface area contributed by atoms with Crippen LogP contribution in [0.25, 0.3) is 10.8 Å². The van der Waals surface area contributed by atoms with E-state index in [0.717, 1.165) is 16.3 Å². The molecule has 3 aromatic rings. The van der Waals surface area contributed by atoms with Gasteiger partial charge in [-0.1, -0.05) is 60.1 Å². The third-order valence-corrected chi connectivity index (χ3v) is 4.71. The minimum atomic E-state index is -0.699. The lowest BCUT2D eigenvalue weighted by atomic mass is 10.1. The van der Waals surface area contributed by atoms with Crippen molar-refractivity contribution in [1.29, 1.82) is 0 Å². The maximum Gasteiger partial charge on any atom is 0.411 e. The molecule has 3 rings (SSSR count). The normalized spacial score (nSPS) is 11.8. The molecule has 0 fully saturated rings. The van der Waals surface area contributed by atoms with Crippen molar-refractivity contribution >= 4 is 40.1 Å². The number of anilines is 1. The zero-order chi connectivity index (χ0) is 20.6. The fourth-order valence-corrected chi connectivity index (χ4v) is 3.16. The summed E-state index contributed by atoms with van der Waals surface area (Å²) in [5, 5.41) is 8.55. The summed E-state index contributed by atoms with van der Waals surface area (Å²) in [6.45, 7) is 0.740. The summed E-state index contributed by atoms with van der Waals surface area (Å²) in [6, 6.07) is 20.8. The molecule has 0 saturated heterocycles. The van der Waals surface area contributed by atoms with Crippen molar-refractivity contribution in [2.75, 3.05) is 11.9 Å². The molecule has 150 valence electrons. The fraction of sp³-hybridized carbons (Fsp3) is 0.182. The van der Waals surface area contributed by atoms with Crippen LogP contribution in [0, 0.1) is 0 Å². The van der Waals surface area contributed by atoms with Crippen LogP contribution in [0.1, 0.15) is 12.0 Å². The highest BCUT2D eigenvalue weighted by atomic mass is 35.5. The highest BCUT2D eigenvalue weighted by molar-refractivity contribution is 6.31. The Balaban J connectivity index is 1.57. The van der Waals surface area contributed by atoms with Gasteiger partial charge in [0.2, 0.25) is 5.91 Å². The molecule has 3 aromatic carbocycles. The Labute approximate surface area is 174 Å². The molecule has 2 amide bonds. The molecular weight excluding hydrogens is 390 g/mol. The molecule has 0 saturated carbocycles. The van der Waals surface area contributed by atoms with E-state index in [4.69, 9.17) is 22.1 Å². The van der Waals surface area contributed by atoms with Crippen molar-refractivity contribution in [1.82, 2.24) is 5.32 Å². The molecule has 4 N–H and O–H groups in total. The van der Waals surface area contributed by atoms with Crippen LogP contribution >= 0.6 is 11.6 Å². The molecule has 0 aliphatic heterocycles. The van der Waals surface area contributed by atoms with Crippen molar-refractivity contribution in [2.24, 2.45) is 5.73 Å². The first-order valence-electron chi connectivity index (χ1n) is 9.20. The Kier molecular flexibility index (Phi) is 7.05. The van der Waals surface area contributed by atoms with E-state index in [9.17, 15) is 9.59 Å². The smallest absolute Gasteiger partial charge is 0.411 e. The van der Waals surface area contributed by atoms with Gasteiger partial charge in [0.25, 0.3) is 0 Å². The maximum absolute atomic E-state index is 12.3. The third-order valence-electron chi connectivity index (χ3n) is 4.34. The number of halogens is 1. The van der Waals surface area contributed by atoms with Crippen LogP contribution in [0.4, 0.5) is 10.5 Å². The van der Waals surface area contributed by atoms with Gasteiger partial charge in [-0.3, -0.25) is 10.1 Å². The minimum absolute atomic E-state index is 0.0827. The number of fused-ring (bicyclic) bond motifs is 1. The number of amides is 2. The summed E-state index contributed by atoms with van der Waals surface area (Å²) in [7, 11) is 0. The number of benzene rings is 3. The summed E-state index contributed by atoms with van der Waals surface area (Å²) in [5.41, 5.74) is 6.81. The van der Waals surface area contributed by atoms with Gasteiger partial charge in [0, 0.05) is 23.8 Å². The Morgan fingerprint density at radius 3 is 2.48 bits per heavy atom. The van der Waals surface area contributed by atoms with Crippen molar-refractivity contribution in [3.05, 3.63) is 77.3 Å². The van der Waals surface area contributed by atoms with Gasteiger partial charge >= 0.3 is 6.09 Å². The number of nitrogens with two attached hydrogens (primary N) is 1. The molecule has 7 heteroatoms. The SMILES string of the molecule is NC(=O)CC(CNCc1ccccc1Cl)OC(=O)Nc1ccc2ccccc2c1. The van der Waals surface area contributed by atoms with Gasteiger partial charge in [-0.05, 0) is 34.5 Å². The molecule has 0 aromatic heterocycles. The third kappa shape index (κ3) is 6.20. The van der Waals surface area contributed by atoms with E-state index in [-0.39, 0.29) is 13.0 Å². The number of nitrogens with one attached hydrogen (secondary N) is 2. The zero-order valence-corrected chi connectivity index (χ0v) is 16.5. The first-order valence-corrected chi connectivity index (χ1v) is 9.58. The van der Waals surface area contributed by atoms with E-state index in [1.54, 1.807) is 12.1 Å². The number of carbonyl (C=O) groups is 2. The van der Waals surface area contributed by atoms with Gasteiger partial charge in [-0.2, -0.15) is 0 Å². The minimum Gasteiger partial charge on any atom is -0.444 e. The average Bonchev–Trinajstić information content (AvgIpc) is 2.68. The zero-order valence-electron chi connectivity index (χ0n) is 15.7. The molecule has 0 aliphatic carbocycles. The van der Waals surface area contributed by atoms with Crippen LogP contribution in [-0.4, -0.2) is 24.6 Å². The summed E-state index contributed by atoms with van der Waals surface area (Å²) in [4.78, 5) is 23.6. The van der Waals surface area contributed by atoms with E-state index >= 15 is 0 Å². The standard InChI is InChI=1S/C22H22ClN3O3/c23-20-8-4-3-7-17(20)13-25-14-19(12-21(24)27)29-22(28)26-18-10-9-15-5-1-2-6-16(15)11-18/h1-11,19,25H,12-14H2,(H2,24,27)(H,26,28). The molecule has 0 aliphatic rings. The Morgan fingerprint density at radius 1 is 1.00 bits per heavy atom. The first-order chi connectivity index (χ1) is 14.0. The second-order valence-electron chi connectivity index (χ2n) is 6.61. The van der Waals surface area contributed by atoms with Gasteiger partial charge in [0.05, 0.1) is 6.42 Å². The Hall–Kier alpha value is -3.09. The Morgan fingerprint density at radius 2 is 1.72 bits per heavy atom.